The Morgan fingerprint density at radius 1 is 1.50 bits per heavy atom. The zero-order chi connectivity index (χ0) is 14.9. The molecule has 0 unspecified atom stereocenters. The van der Waals surface area contributed by atoms with E-state index in [1.807, 2.05) is 13.8 Å². The molecule has 1 aromatic heterocycles. The van der Waals surface area contributed by atoms with E-state index in [0.717, 1.165) is 11.5 Å². The number of carbonyl (C=O) groups is 1. The number of nitrogen functional groups attached to an aromatic ring is 1. The lowest BCUT2D eigenvalue weighted by Gasteiger charge is -2.14. The van der Waals surface area contributed by atoms with Crippen molar-refractivity contribution in [3.63, 3.8) is 0 Å². The number of rotatable bonds is 7. The lowest BCUT2D eigenvalue weighted by atomic mass is 10.0. The molecule has 1 heterocycles. The molecule has 1 aromatic rings. The molecule has 2 rings (SSSR count). The van der Waals surface area contributed by atoms with E-state index in [4.69, 9.17) is 10.5 Å². The highest BCUT2D eigenvalue weighted by molar-refractivity contribution is 7.19. The number of anilines is 2. The number of ether oxygens (including phenoxy) is 1. The summed E-state index contributed by atoms with van der Waals surface area (Å²) < 4.78 is 5.38. The fourth-order valence-corrected chi connectivity index (χ4v) is 3.47. The second-order valence-electron chi connectivity index (χ2n) is 5.93. The predicted molar refractivity (Wildman–Crippen MR) is 84.9 cm³/mol. The number of ketones is 1. The number of Topliss-reactive ketones (excluding diaryl/α,β-unsaturated/α-hetero) is 1. The Hall–Kier alpha value is -1.23. The van der Waals surface area contributed by atoms with Crippen LogP contribution < -0.4 is 15.8 Å². The molecule has 0 bridgehead atoms. The summed E-state index contributed by atoms with van der Waals surface area (Å²) in [7, 11) is 1.60. The van der Waals surface area contributed by atoms with E-state index in [2.05, 4.69) is 12.2 Å². The first kappa shape index (κ1) is 15.2. The highest BCUT2D eigenvalue weighted by Crippen LogP contribution is 2.50. The molecule has 1 aliphatic carbocycles. The molecule has 20 heavy (non-hydrogen) atoms. The summed E-state index contributed by atoms with van der Waals surface area (Å²) in [6.45, 7) is 6.92. The van der Waals surface area contributed by atoms with Crippen LogP contribution in [0.5, 0.6) is 5.75 Å². The second kappa shape index (κ2) is 5.64. The van der Waals surface area contributed by atoms with Crippen LogP contribution in [0.25, 0.3) is 0 Å². The minimum atomic E-state index is -0.0566. The highest BCUT2D eigenvalue weighted by Gasteiger charge is 2.40. The number of methoxy groups -OCH3 is 1. The third kappa shape index (κ3) is 2.77. The van der Waals surface area contributed by atoms with Gasteiger partial charge < -0.3 is 15.8 Å². The maximum atomic E-state index is 12.2. The first-order valence-corrected chi connectivity index (χ1v) is 8.00. The number of hydrogen-bond acceptors (Lipinski definition) is 5. The SMILES string of the molecule is CCC1(CNc2sc(C(=O)C(C)C)c(N)c2OC)CC1. The van der Waals surface area contributed by atoms with Gasteiger partial charge >= 0.3 is 0 Å². The Kier molecular flexibility index (Phi) is 4.28. The molecule has 0 radical (unpaired) electrons. The average molecular weight is 296 g/mol. The van der Waals surface area contributed by atoms with Gasteiger partial charge in [-0.3, -0.25) is 4.79 Å². The molecule has 0 aliphatic heterocycles. The Bertz CT molecular complexity index is 504. The number of nitrogens with one attached hydrogen (secondary N) is 1. The maximum absolute atomic E-state index is 12.2. The molecule has 0 atom stereocenters. The van der Waals surface area contributed by atoms with Gasteiger partial charge in [-0.15, -0.1) is 11.3 Å². The van der Waals surface area contributed by atoms with Crippen LogP contribution in [-0.4, -0.2) is 19.4 Å². The van der Waals surface area contributed by atoms with E-state index < -0.39 is 0 Å². The van der Waals surface area contributed by atoms with Gasteiger partial charge in [-0.2, -0.15) is 0 Å². The van der Waals surface area contributed by atoms with Crippen molar-refractivity contribution in [2.45, 2.75) is 40.0 Å². The maximum Gasteiger partial charge on any atom is 0.177 e. The standard InChI is InChI=1S/C15H24N2O2S/c1-5-15(6-7-15)8-17-14-12(19-4)10(16)13(20-14)11(18)9(2)3/h9,17H,5-8,16H2,1-4H3. The van der Waals surface area contributed by atoms with E-state index in [9.17, 15) is 4.79 Å². The summed E-state index contributed by atoms with van der Waals surface area (Å²) in [5.41, 5.74) is 6.97. The molecule has 1 fully saturated rings. The zero-order valence-electron chi connectivity index (χ0n) is 12.7. The average Bonchev–Trinajstić information content (AvgIpc) is 3.14. The fraction of sp³-hybridized carbons (Fsp3) is 0.667. The third-order valence-electron chi connectivity index (χ3n) is 4.18. The predicted octanol–water partition coefficient (Wildman–Crippen LogP) is 3.78. The molecule has 5 heteroatoms. The summed E-state index contributed by atoms with van der Waals surface area (Å²) in [6.07, 6.45) is 3.73. The molecule has 4 nitrogen and oxygen atoms in total. The van der Waals surface area contributed by atoms with E-state index >= 15 is 0 Å². The number of nitrogens with two attached hydrogens (primary N) is 1. The van der Waals surface area contributed by atoms with Gasteiger partial charge in [-0.1, -0.05) is 20.8 Å². The van der Waals surface area contributed by atoms with Crippen molar-refractivity contribution < 1.29 is 9.53 Å². The van der Waals surface area contributed by atoms with Crippen LogP contribution in [0.4, 0.5) is 10.7 Å². The van der Waals surface area contributed by atoms with Crippen molar-refractivity contribution in [2.75, 3.05) is 24.7 Å². The van der Waals surface area contributed by atoms with Crippen molar-refractivity contribution in [3.8, 4) is 5.75 Å². The largest absolute Gasteiger partial charge is 0.492 e. The van der Waals surface area contributed by atoms with E-state index in [0.29, 0.717) is 21.7 Å². The number of hydrogen-bond donors (Lipinski definition) is 2. The Labute approximate surface area is 124 Å². The van der Waals surface area contributed by atoms with Gasteiger partial charge in [0.05, 0.1) is 17.7 Å². The van der Waals surface area contributed by atoms with Crippen LogP contribution >= 0.6 is 11.3 Å². The van der Waals surface area contributed by atoms with Crippen LogP contribution in [-0.2, 0) is 0 Å². The Morgan fingerprint density at radius 3 is 2.60 bits per heavy atom. The van der Waals surface area contributed by atoms with Gasteiger partial charge in [0.2, 0.25) is 0 Å². The van der Waals surface area contributed by atoms with Crippen LogP contribution in [0.2, 0.25) is 0 Å². The summed E-state index contributed by atoms with van der Waals surface area (Å²) in [6, 6.07) is 0. The molecule has 0 spiro atoms. The third-order valence-corrected chi connectivity index (χ3v) is 5.34. The molecule has 3 N–H and O–H groups in total. The molecular weight excluding hydrogens is 272 g/mol. The van der Waals surface area contributed by atoms with Crippen molar-refractivity contribution in [3.05, 3.63) is 4.88 Å². The van der Waals surface area contributed by atoms with Crippen molar-refractivity contribution in [1.82, 2.24) is 0 Å². The van der Waals surface area contributed by atoms with Crippen molar-refractivity contribution >= 4 is 27.8 Å². The topological polar surface area (TPSA) is 64.4 Å². The van der Waals surface area contributed by atoms with E-state index in [-0.39, 0.29) is 11.7 Å². The molecular formula is C15H24N2O2S. The summed E-state index contributed by atoms with van der Waals surface area (Å²) >= 11 is 1.42. The number of carbonyl (C=O) groups excluding carboxylic acids is 1. The minimum Gasteiger partial charge on any atom is -0.492 e. The fourth-order valence-electron chi connectivity index (χ4n) is 2.29. The summed E-state index contributed by atoms with van der Waals surface area (Å²) in [5, 5.41) is 4.32. The molecule has 112 valence electrons. The smallest absolute Gasteiger partial charge is 0.177 e. The quantitative estimate of drug-likeness (QED) is 0.752. The van der Waals surface area contributed by atoms with Gasteiger partial charge in [0.1, 0.15) is 5.00 Å². The lowest BCUT2D eigenvalue weighted by molar-refractivity contribution is 0.0944. The van der Waals surface area contributed by atoms with Gasteiger partial charge in [0.15, 0.2) is 11.5 Å². The van der Waals surface area contributed by atoms with Crippen molar-refractivity contribution in [1.29, 1.82) is 0 Å². The highest BCUT2D eigenvalue weighted by atomic mass is 32.1. The minimum absolute atomic E-state index is 0.0566. The normalized spacial score (nSPS) is 16.2. The van der Waals surface area contributed by atoms with Gasteiger partial charge in [-0.05, 0) is 24.7 Å². The molecule has 1 aliphatic rings. The van der Waals surface area contributed by atoms with Crippen LogP contribution in [0.15, 0.2) is 0 Å². The van der Waals surface area contributed by atoms with Crippen LogP contribution in [0.3, 0.4) is 0 Å². The van der Waals surface area contributed by atoms with Gasteiger partial charge in [0, 0.05) is 12.5 Å². The van der Waals surface area contributed by atoms with E-state index in [1.54, 1.807) is 7.11 Å². The number of thiophene rings is 1. The Balaban J connectivity index is 2.20. The first-order valence-electron chi connectivity index (χ1n) is 7.18. The molecule has 0 aromatic carbocycles. The molecule has 1 saturated carbocycles. The van der Waals surface area contributed by atoms with Crippen LogP contribution in [0.1, 0.15) is 49.7 Å². The van der Waals surface area contributed by atoms with Crippen molar-refractivity contribution in [2.24, 2.45) is 11.3 Å². The monoisotopic (exact) mass is 296 g/mol. The van der Waals surface area contributed by atoms with Gasteiger partial charge in [-0.25, -0.2) is 0 Å². The zero-order valence-corrected chi connectivity index (χ0v) is 13.5. The second-order valence-corrected chi connectivity index (χ2v) is 6.95. The van der Waals surface area contributed by atoms with Gasteiger partial charge in [0.25, 0.3) is 0 Å². The summed E-state index contributed by atoms with van der Waals surface area (Å²) in [5.74, 6) is 0.639. The van der Waals surface area contributed by atoms with E-state index in [1.165, 1.54) is 30.6 Å². The Morgan fingerprint density at radius 2 is 2.15 bits per heavy atom. The lowest BCUT2D eigenvalue weighted by Crippen LogP contribution is -2.14. The van der Waals surface area contributed by atoms with Crippen LogP contribution in [0, 0.1) is 11.3 Å². The molecule has 0 saturated heterocycles. The summed E-state index contributed by atoms with van der Waals surface area (Å²) in [4.78, 5) is 12.8. The first-order chi connectivity index (χ1) is 9.44. The molecule has 0 amide bonds.